The number of hydrogen-bond donors (Lipinski definition) is 0. The van der Waals surface area contributed by atoms with Crippen LogP contribution in [0.25, 0.3) is 40.8 Å². The van der Waals surface area contributed by atoms with Gasteiger partial charge in [-0.3, -0.25) is 0 Å². The van der Waals surface area contributed by atoms with Crippen molar-refractivity contribution in [3.05, 3.63) is 66.4 Å². The highest BCUT2D eigenvalue weighted by atomic mass is 32.2. The zero-order valence-corrected chi connectivity index (χ0v) is 15.2. The van der Waals surface area contributed by atoms with Crippen LogP contribution in [0.5, 0.6) is 0 Å². The van der Waals surface area contributed by atoms with E-state index in [1.807, 2.05) is 22.7 Å². The van der Waals surface area contributed by atoms with E-state index in [9.17, 15) is 0 Å². The lowest BCUT2D eigenvalue weighted by atomic mass is 10.0. The molecule has 0 unspecified atom stereocenters. The van der Waals surface area contributed by atoms with E-state index in [1.165, 1.54) is 46.4 Å². The standard InChI is InChI=1S/C21H16NS2/c1-13-10-11-15-19-14-7-3-4-9-17(14)23-21(19)24-20(15)18(13)16-8-5-6-12-22(16)2/h3-12H,1-2H3/q+1. The summed E-state index contributed by atoms with van der Waals surface area (Å²) in [5.74, 6) is 0. The van der Waals surface area contributed by atoms with Crippen molar-refractivity contribution in [1.29, 1.82) is 0 Å². The van der Waals surface area contributed by atoms with Gasteiger partial charge in [-0.25, -0.2) is 4.57 Å². The van der Waals surface area contributed by atoms with Gasteiger partial charge in [-0.2, -0.15) is 0 Å². The molecule has 0 atom stereocenters. The molecule has 0 bridgehead atoms. The van der Waals surface area contributed by atoms with Gasteiger partial charge in [0.1, 0.15) is 7.05 Å². The zero-order chi connectivity index (χ0) is 16.3. The smallest absolute Gasteiger partial charge is 0.201 e. The Morgan fingerprint density at radius 2 is 1.67 bits per heavy atom. The molecule has 0 aliphatic carbocycles. The number of hydrogen-bond acceptors (Lipinski definition) is 2. The van der Waals surface area contributed by atoms with Crippen LogP contribution in [0.2, 0.25) is 0 Å². The Bertz CT molecular complexity index is 1230. The van der Waals surface area contributed by atoms with Crippen LogP contribution in [0.15, 0.2) is 60.8 Å². The summed E-state index contributed by atoms with van der Waals surface area (Å²) in [5, 5.41) is 4.20. The average molecular weight is 347 g/mol. The minimum Gasteiger partial charge on any atom is -0.201 e. The normalized spacial score (nSPS) is 11.8. The Hall–Kier alpha value is -2.23. The molecule has 3 heterocycles. The van der Waals surface area contributed by atoms with Crippen molar-refractivity contribution < 1.29 is 4.57 Å². The summed E-state index contributed by atoms with van der Waals surface area (Å²) in [6.45, 7) is 2.22. The molecule has 0 saturated heterocycles. The molecule has 0 amide bonds. The Balaban J connectivity index is 1.96. The van der Waals surface area contributed by atoms with Gasteiger partial charge in [-0.05, 0) is 24.6 Å². The fraction of sp³-hybridized carbons (Fsp3) is 0.0952. The summed E-state index contributed by atoms with van der Waals surface area (Å²) in [5.41, 5.74) is 3.98. The number of benzene rings is 2. The first-order valence-electron chi connectivity index (χ1n) is 8.02. The summed E-state index contributed by atoms with van der Waals surface area (Å²) in [4.78, 5) is 0. The summed E-state index contributed by atoms with van der Waals surface area (Å²) < 4.78 is 6.43. The molecule has 0 spiro atoms. The highest BCUT2D eigenvalue weighted by Gasteiger charge is 2.20. The largest absolute Gasteiger partial charge is 0.213 e. The maximum atomic E-state index is 2.30. The van der Waals surface area contributed by atoms with Gasteiger partial charge in [0.15, 0.2) is 6.20 Å². The van der Waals surface area contributed by atoms with Gasteiger partial charge in [-0.15, -0.1) is 22.7 Å². The van der Waals surface area contributed by atoms with Crippen molar-refractivity contribution >= 4 is 52.2 Å². The zero-order valence-electron chi connectivity index (χ0n) is 13.5. The van der Waals surface area contributed by atoms with Crippen molar-refractivity contribution in [2.75, 3.05) is 0 Å². The number of thiophene rings is 2. The summed E-state index contributed by atoms with van der Waals surface area (Å²) in [7, 11) is 2.12. The Labute approximate surface area is 148 Å². The van der Waals surface area contributed by atoms with Gasteiger partial charge >= 0.3 is 0 Å². The van der Waals surface area contributed by atoms with Crippen molar-refractivity contribution in [3.63, 3.8) is 0 Å². The van der Waals surface area contributed by atoms with Gasteiger partial charge in [0.2, 0.25) is 5.69 Å². The molecule has 0 aliphatic rings. The predicted molar refractivity (Wildman–Crippen MR) is 106 cm³/mol. The third-order valence-electron chi connectivity index (χ3n) is 4.70. The topological polar surface area (TPSA) is 3.88 Å². The second kappa shape index (κ2) is 5.13. The summed E-state index contributed by atoms with van der Waals surface area (Å²) >= 11 is 3.85. The fourth-order valence-corrected chi connectivity index (χ4v) is 6.32. The molecule has 0 N–H and O–H groups in total. The molecule has 3 aromatic heterocycles. The number of nitrogens with zero attached hydrogens (tertiary/aromatic N) is 1. The van der Waals surface area contributed by atoms with Crippen LogP contribution in [0.4, 0.5) is 0 Å². The first-order chi connectivity index (χ1) is 11.7. The first-order valence-corrected chi connectivity index (χ1v) is 9.66. The summed E-state index contributed by atoms with van der Waals surface area (Å²) in [6.07, 6.45) is 2.12. The van der Waals surface area contributed by atoms with Crippen LogP contribution in [0.3, 0.4) is 0 Å². The first kappa shape index (κ1) is 14.1. The Morgan fingerprint density at radius 3 is 2.54 bits per heavy atom. The van der Waals surface area contributed by atoms with Gasteiger partial charge in [-0.1, -0.05) is 30.3 Å². The van der Waals surface area contributed by atoms with Gasteiger partial charge in [0.25, 0.3) is 0 Å². The predicted octanol–water partition coefficient (Wildman–Crippen LogP) is 6.07. The number of rotatable bonds is 1. The third-order valence-corrected chi connectivity index (χ3v) is 7.19. The molecule has 5 rings (SSSR count). The molecule has 0 aliphatic heterocycles. The second-order valence-electron chi connectivity index (χ2n) is 6.19. The number of aryl methyl sites for hydroxylation is 2. The third kappa shape index (κ3) is 1.89. The van der Waals surface area contributed by atoms with E-state index in [-0.39, 0.29) is 0 Å². The van der Waals surface area contributed by atoms with Crippen molar-refractivity contribution in [1.82, 2.24) is 0 Å². The molecule has 1 nitrogen and oxygen atoms in total. The minimum absolute atomic E-state index is 1.28. The molecule has 116 valence electrons. The average Bonchev–Trinajstić information content (AvgIpc) is 3.11. The summed E-state index contributed by atoms with van der Waals surface area (Å²) in [6, 6.07) is 19.7. The Kier molecular flexibility index (Phi) is 3.02. The van der Waals surface area contributed by atoms with E-state index in [1.54, 1.807) is 0 Å². The van der Waals surface area contributed by atoms with E-state index >= 15 is 0 Å². The van der Waals surface area contributed by atoms with Crippen LogP contribution >= 0.6 is 22.7 Å². The van der Waals surface area contributed by atoms with Crippen molar-refractivity contribution in [2.24, 2.45) is 7.05 Å². The molecule has 5 aromatic rings. The van der Waals surface area contributed by atoms with Gasteiger partial charge in [0, 0.05) is 33.0 Å². The molecule has 24 heavy (non-hydrogen) atoms. The molecule has 0 fully saturated rings. The lowest BCUT2D eigenvalue weighted by Crippen LogP contribution is -2.30. The number of pyridine rings is 1. The van der Waals surface area contributed by atoms with E-state index < -0.39 is 0 Å². The number of fused-ring (bicyclic) bond motifs is 5. The highest BCUT2D eigenvalue weighted by Crippen LogP contribution is 2.47. The van der Waals surface area contributed by atoms with Gasteiger partial charge in [0.05, 0.1) is 14.3 Å². The monoisotopic (exact) mass is 346 g/mol. The van der Waals surface area contributed by atoms with Crippen LogP contribution < -0.4 is 4.57 Å². The molecular formula is C21H16NS2+. The molecular weight excluding hydrogens is 330 g/mol. The van der Waals surface area contributed by atoms with Crippen molar-refractivity contribution in [3.8, 4) is 11.3 Å². The van der Waals surface area contributed by atoms with E-state index in [2.05, 4.69) is 79.3 Å². The second-order valence-corrected chi connectivity index (χ2v) is 8.52. The Morgan fingerprint density at radius 1 is 0.833 bits per heavy atom. The van der Waals surface area contributed by atoms with E-state index in [0.717, 1.165) is 0 Å². The minimum atomic E-state index is 1.28. The van der Waals surface area contributed by atoms with Crippen LogP contribution in [0, 0.1) is 6.92 Å². The lowest BCUT2D eigenvalue weighted by molar-refractivity contribution is -0.660. The van der Waals surface area contributed by atoms with E-state index in [0.29, 0.717) is 0 Å². The molecule has 3 heteroatoms. The van der Waals surface area contributed by atoms with Gasteiger partial charge < -0.3 is 0 Å². The quantitative estimate of drug-likeness (QED) is 0.324. The lowest BCUT2D eigenvalue weighted by Gasteiger charge is -2.06. The maximum Gasteiger partial charge on any atom is 0.213 e. The molecule has 0 radical (unpaired) electrons. The van der Waals surface area contributed by atoms with Crippen LogP contribution in [-0.4, -0.2) is 0 Å². The van der Waals surface area contributed by atoms with Crippen LogP contribution in [-0.2, 0) is 7.05 Å². The number of aromatic nitrogens is 1. The van der Waals surface area contributed by atoms with Crippen molar-refractivity contribution in [2.45, 2.75) is 6.92 Å². The fourth-order valence-electron chi connectivity index (χ4n) is 3.53. The van der Waals surface area contributed by atoms with Crippen LogP contribution in [0.1, 0.15) is 5.56 Å². The SMILES string of the molecule is Cc1ccc2c(sc3sc4ccccc4c32)c1-c1cccc[n+]1C. The van der Waals surface area contributed by atoms with E-state index in [4.69, 9.17) is 0 Å². The maximum absolute atomic E-state index is 2.30. The highest BCUT2D eigenvalue weighted by molar-refractivity contribution is 7.44. The molecule has 0 saturated carbocycles. The molecule has 2 aromatic carbocycles.